The number of thiophene rings is 1. The molecule has 1 aliphatic carbocycles. The molecule has 0 bridgehead atoms. The minimum absolute atomic E-state index is 0.0698. The van der Waals surface area contributed by atoms with Gasteiger partial charge in [-0.1, -0.05) is 30.3 Å². The van der Waals surface area contributed by atoms with Crippen molar-refractivity contribution in [1.82, 2.24) is 9.62 Å². The molecule has 0 spiro atoms. The van der Waals surface area contributed by atoms with Crippen molar-refractivity contribution < 1.29 is 8.42 Å². The number of aryl methyl sites for hydroxylation is 2. The lowest BCUT2D eigenvalue weighted by Crippen LogP contribution is -2.32. The lowest BCUT2D eigenvalue weighted by molar-refractivity contribution is 0.521. The maximum Gasteiger partial charge on any atom is 0.242 e. The topological polar surface area (TPSA) is 61.4 Å². The third-order valence-electron chi connectivity index (χ3n) is 5.43. The van der Waals surface area contributed by atoms with E-state index in [-0.39, 0.29) is 10.9 Å². The molecule has 8 heteroatoms. The summed E-state index contributed by atoms with van der Waals surface area (Å²) in [5.41, 5.74) is 4.66. The fourth-order valence-electron chi connectivity index (χ4n) is 3.79. The molecule has 1 atom stereocenters. The van der Waals surface area contributed by atoms with Gasteiger partial charge in [0.15, 0.2) is 5.11 Å². The summed E-state index contributed by atoms with van der Waals surface area (Å²) in [4.78, 5) is 1.39. The number of benzene rings is 2. The second-order valence-electron chi connectivity index (χ2n) is 7.74. The Morgan fingerprint density at radius 1 is 1.06 bits per heavy atom. The fourth-order valence-corrected chi connectivity index (χ4v) is 5.78. The third-order valence-corrected chi connectivity index (χ3v) is 8.40. The highest BCUT2D eigenvalue weighted by Crippen LogP contribution is 2.30. The molecule has 4 rings (SSSR count). The van der Waals surface area contributed by atoms with Crippen LogP contribution in [0.5, 0.6) is 0 Å². The van der Waals surface area contributed by atoms with Crippen molar-refractivity contribution in [3.05, 3.63) is 81.5 Å². The number of sulfonamides is 1. The first kappa shape index (κ1) is 22.0. The number of fused-ring (bicyclic) bond motifs is 1. The number of anilines is 1. The molecule has 31 heavy (non-hydrogen) atoms. The molecule has 0 saturated carbocycles. The van der Waals surface area contributed by atoms with Crippen LogP contribution in [-0.2, 0) is 22.9 Å². The summed E-state index contributed by atoms with van der Waals surface area (Å²) in [6.07, 6.45) is 3.48. The molecule has 0 fully saturated rings. The van der Waals surface area contributed by atoms with E-state index < -0.39 is 10.0 Å². The van der Waals surface area contributed by atoms with Crippen molar-refractivity contribution >= 4 is 44.4 Å². The lowest BCUT2D eigenvalue weighted by Gasteiger charge is -2.21. The first-order valence-corrected chi connectivity index (χ1v) is 12.8. The first-order valence-electron chi connectivity index (χ1n) is 10.1. The third kappa shape index (κ3) is 4.82. The summed E-state index contributed by atoms with van der Waals surface area (Å²) in [7, 11) is -0.476. The van der Waals surface area contributed by atoms with Gasteiger partial charge < -0.3 is 10.6 Å². The van der Waals surface area contributed by atoms with Crippen molar-refractivity contribution in [3.63, 3.8) is 0 Å². The average molecular weight is 472 g/mol. The molecular formula is C23H25N3O2S3. The van der Waals surface area contributed by atoms with Crippen LogP contribution in [0.15, 0.2) is 64.9 Å². The fraction of sp³-hybridized carbons (Fsp3) is 0.261. The lowest BCUT2D eigenvalue weighted by atomic mass is 10.00. The molecule has 1 heterocycles. The maximum atomic E-state index is 12.4. The van der Waals surface area contributed by atoms with E-state index in [2.05, 4.69) is 40.3 Å². The molecule has 2 aromatic carbocycles. The molecule has 1 aliphatic rings. The van der Waals surface area contributed by atoms with Gasteiger partial charge in [0.25, 0.3) is 0 Å². The zero-order valence-corrected chi connectivity index (χ0v) is 19.9. The molecule has 3 aromatic rings. The summed E-state index contributed by atoms with van der Waals surface area (Å²) in [6, 6.07) is 17.4. The van der Waals surface area contributed by atoms with Crippen molar-refractivity contribution in [1.29, 1.82) is 0 Å². The van der Waals surface area contributed by atoms with Crippen LogP contribution in [-0.4, -0.2) is 31.9 Å². The largest absolute Gasteiger partial charge is 0.351 e. The van der Waals surface area contributed by atoms with E-state index in [1.165, 1.54) is 46.4 Å². The number of hydrogen-bond donors (Lipinski definition) is 2. The van der Waals surface area contributed by atoms with Gasteiger partial charge in [-0.3, -0.25) is 0 Å². The number of nitrogens with zero attached hydrogens (tertiary/aromatic N) is 1. The van der Waals surface area contributed by atoms with E-state index >= 15 is 0 Å². The van der Waals surface area contributed by atoms with Gasteiger partial charge in [-0.25, -0.2) is 12.7 Å². The minimum Gasteiger partial charge on any atom is -0.351 e. The van der Waals surface area contributed by atoms with Crippen LogP contribution in [0.4, 0.5) is 5.69 Å². The van der Waals surface area contributed by atoms with E-state index in [1.807, 2.05) is 6.07 Å². The Morgan fingerprint density at radius 2 is 1.87 bits per heavy atom. The summed E-state index contributed by atoms with van der Waals surface area (Å²) < 4.78 is 26.1. The van der Waals surface area contributed by atoms with Crippen LogP contribution in [0.1, 0.15) is 34.0 Å². The highest BCUT2D eigenvalue weighted by atomic mass is 32.2. The first-order chi connectivity index (χ1) is 14.8. The van der Waals surface area contributed by atoms with Gasteiger partial charge in [-0.15, -0.1) is 11.3 Å². The normalized spacial score (nSPS) is 14.3. The molecule has 0 radical (unpaired) electrons. The van der Waals surface area contributed by atoms with Gasteiger partial charge in [-0.2, -0.15) is 0 Å². The Morgan fingerprint density at radius 3 is 2.61 bits per heavy atom. The van der Waals surface area contributed by atoms with E-state index in [1.54, 1.807) is 35.6 Å². The predicted octanol–water partition coefficient (Wildman–Crippen LogP) is 4.56. The molecule has 2 N–H and O–H groups in total. The van der Waals surface area contributed by atoms with Crippen molar-refractivity contribution in [2.45, 2.75) is 30.2 Å². The molecule has 162 valence electrons. The van der Waals surface area contributed by atoms with Crippen LogP contribution in [0.3, 0.4) is 0 Å². The SMILES string of the molecule is CN(C)S(=O)(=O)c1cccc(NC(=S)NC(c2ccc3c(c2)CCC3)c2cccs2)c1. The number of hydrogen-bond acceptors (Lipinski definition) is 4. The molecule has 1 aromatic heterocycles. The Labute approximate surface area is 193 Å². The Hall–Kier alpha value is -2.26. The summed E-state index contributed by atoms with van der Waals surface area (Å²) >= 11 is 7.28. The number of thiocarbonyl (C=S) groups is 1. The standard InChI is InChI=1S/C23H25N3O2S3/c1-26(2)31(27,28)20-9-4-8-19(15-20)24-23(29)25-22(21-10-5-13-30-21)18-12-11-16-6-3-7-17(16)14-18/h4-5,8-15,22H,3,6-7H2,1-2H3,(H2,24,25,29). The van der Waals surface area contributed by atoms with E-state index in [0.29, 0.717) is 10.8 Å². The smallest absolute Gasteiger partial charge is 0.242 e. The second-order valence-corrected chi connectivity index (χ2v) is 11.3. The Bertz CT molecular complexity index is 1190. The quantitative estimate of drug-likeness (QED) is 0.516. The van der Waals surface area contributed by atoms with E-state index in [4.69, 9.17) is 12.2 Å². The summed E-state index contributed by atoms with van der Waals surface area (Å²) in [5.74, 6) is 0. The van der Waals surface area contributed by atoms with Gasteiger partial charge in [0.1, 0.15) is 0 Å². The van der Waals surface area contributed by atoms with Crippen LogP contribution in [0, 0.1) is 0 Å². The second kappa shape index (κ2) is 9.08. The highest BCUT2D eigenvalue weighted by Gasteiger charge is 2.20. The van der Waals surface area contributed by atoms with Gasteiger partial charge in [0.2, 0.25) is 10.0 Å². The van der Waals surface area contributed by atoms with Crippen LogP contribution in [0.2, 0.25) is 0 Å². The van der Waals surface area contributed by atoms with Gasteiger partial charge in [0, 0.05) is 24.7 Å². The van der Waals surface area contributed by atoms with Crippen molar-refractivity contribution in [2.75, 3.05) is 19.4 Å². The molecule has 0 aliphatic heterocycles. The number of rotatable bonds is 6. The average Bonchev–Trinajstić information content (AvgIpc) is 3.43. The Balaban J connectivity index is 1.55. The van der Waals surface area contributed by atoms with Crippen molar-refractivity contribution in [2.24, 2.45) is 0 Å². The monoisotopic (exact) mass is 471 g/mol. The van der Waals surface area contributed by atoms with E-state index in [9.17, 15) is 8.42 Å². The minimum atomic E-state index is -3.51. The predicted molar refractivity (Wildman–Crippen MR) is 131 cm³/mol. The van der Waals surface area contributed by atoms with Crippen molar-refractivity contribution in [3.8, 4) is 0 Å². The van der Waals surface area contributed by atoms with Gasteiger partial charge in [-0.05, 0) is 77.8 Å². The van der Waals surface area contributed by atoms with Gasteiger partial charge in [0.05, 0.1) is 10.9 Å². The van der Waals surface area contributed by atoms with E-state index in [0.717, 1.165) is 12.8 Å². The van der Waals surface area contributed by atoms with Crippen LogP contribution < -0.4 is 10.6 Å². The molecule has 0 saturated heterocycles. The molecular weight excluding hydrogens is 446 g/mol. The highest BCUT2D eigenvalue weighted by molar-refractivity contribution is 7.89. The maximum absolute atomic E-state index is 12.4. The summed E-state index contributed by atoms with van der Waals surface area (Å²) in [5, 5.41) is 9.08. The summed E-state index contributed by atoms with van der Waals surface area (Å²) in [6.45, 7) is 0. The van der Waals surface area contributed by atoms with Gasteiger partial charge >= 0.3 is 0 Å². The molecule has 1 unspecified atom stereocenters. The van der Waals surface area contributed by atoms with Crippen LogP contribution in [0.25, 0.3) is 0 Å². The number of nitrogens with one attached hydrogen (secondary N) is 2. The molecule has 0 amide bonds. The zero-order chi connectivity index (χ0) is 22.0. The van der Waals surface area contributed by atoms with Crippen LogP contribution >= 0.6 is 23.6 Å². The Kier molecular flexibility index (Phi) is 6.43. The molecule has 5 nitrogen and oxygen atoms in total. The zero-order valence-electron chi connectivity index (χ0n) is 17.5.